The molecule has 0 aliphatic rings. The van der Waals surface area contributed by atoms with Crippen LogP contribution in [0.15, 0.2) is 48.5 Å². The zero-order valence-electron chi connectivity index (χ0n) is 14.4. The van der Waals surface area contributed by atoms with Gasteiger partial charge < -0.3 is 4.90 Å². The van der Waals surface area contributed by atoms with Crippen LogP contribution in [0.1, 0.15) is 27.9 Å². The maximum Gasteiger partial charge on any atom is 0.270 e. The van der Waals surface area contributed by atoms with E-state index in [-0.39, 0.29) is 5.91 Å². The van der Waals surface area contributed by atoms with Crippen LogP contribution >= 0.6 is 22.9 Å². The van der Waals surface area contributed by atoms with Crippen molar-refractivity contribution < 1.29 is 4.79 Å². The molecular weight excluding hydrogens is 352 g/mol. The SMILES string of the molecule is CCN(C(=O)c1sc(-c2ccccc2Cl)nc1C)c1cccc(C)c1. The lowest BCUT2D eigenvalue weighted by atomic mass is 10.2. The van der Waals surface area contributed by atoms with Crippen LogP contribution in [0.25, 0.3) is 10.6 Å². The summed E-state index contributed by atoms with van der Waals surface area (Å²) in [6.07, 6.45) is 0. The molecule has 0 unspecified atom stereocenters. The number of aromatic nitrogens is 1. The second-order valence-corrected chi connectivity index (χ2v) is 7.21. The lowest BCUT2D eigenvalue weighted by molar-refractivity contribution is 0.0991. The normalized spacial score (nSPS) is 10.7. The Labute approximate surface area is 156 Å². The van der Waals surface area contributed by atoms with E-state index in [1.165, 1.54) is 11.3 Å². The predicted octanol–water partition coefficient (Wildman–Crippen LogP) is 5.75. The average Bonchev–Trinajstić information content (AvgIpc) is 2.97. The van der Waals surface area contributed by atoms with Crippen molar-refractivity contribution in [2.75, 3.05) is 11.4 Å². The van der Waals surface area contributed by atoms with Gasteiger partial charge in [-0.2, -0.15) is 0 Å². The highest BCUT2D eigenvalue weighted by Gasteiger charge is 2.22. The van der Waals surface area contributed by atoms with E-state index in [1.807, 2.05) is 69.3 Å². The van der Waals surface area contributed by atoms with Crippen molar-refractivity contribution in [3.05, 3.63) is 69.7 Å². The number of hydrogen-bond acceptors (Lipinski definition) is 3. The number of carbonyl (C=O) groups is 1. The Balaban J connectivity index is 1.98. The van der Waals surface area contributed by atoms with Gasteiger partial charge in [0.05, 0.1) is 10.7 Å². The summed E-state index contributed by atoms with van der Waals surface area (Å²) < 4.78 is 0. The van der Waals surface area contributed by atoms with Crippen molar-refractivity contribution in [2.45, 2.75) is 20.8 Å². The second-order valence-electron chi connectivity index (χ2n) is 5.80. The van der Waals surface area contributed by atoms with Crippen LogP contribution in [0.4, 0.5) is 5.69 Å². The van der Waals surface area contributed by atoms with E-state index in [2.05, 4.69) is 4.98 Å². The van der Waals surface area contributed by atoms with E-state index in [9.17, 15) is 4.79 Å². The molecule has 2 aromatic carbocycles. The molecule has 0 spiro atoms. The standard InChI is InChI=1S/C20H19ClN2OS/c1-4-23(15-9-7-8-13(2)12-15)20(24)18-14(3)22-19(25-18)16-10-5-6-11-17(16)21/h5-12H,4H2,1-3H3. The minimum absolute atomic E-state index is 0.0265. The zero-order chi connectivity index (χ0) is 18.0. The highest BCUT2D eigenvalue weighted by atomic mass is 35.5. The summed E-state index contributed by atoms with van der Waals surface area (Å²) in [5.74, 6) is -0.0265. The van der Waals surface area contributed by atoms with E-state index in [0.717, 1.165) is 27.5 Å². The van der Waals surface area contributed by atoms with Crippen LogP contribution in [0, 0.1) is 13.8 Å². The monoisotopic (exact) mass is 370 g/mol. The summed E-state index contributed by atoms with van der Waals surface area (Å²) in [5.41, 5.74) is 3.62. The molecule has 0 saturated carbocycles. The molecule has 5 heteroatoms. The van der Waals surface area contributed by atoms with Gasteiger partial charge in [-0.25, -0.2) is 4.98 Å². The number of anilines is 1. The molecule has 25 heavy (non-hydrogen) atoms. The summed E-state index contributed by atoms with van der Waals surface area (Å²) in [6.45, 7) is 6.47. The van der Waals surface area contributed by atoms with Gasteiger partial charge in [-0.3, -0.25) is 4.79 Å². The van der Waals surface area contributed by atoms with Gasteiger partial charge in [0.25, 0.3) is 5.91 Å². The van der Waals surface area contributed by atoms with Gasteiger partial charge in [-0.15, -0.1) is 11.3 Å². The van der Waals surface area contributed by atoms with E-state index in [0.29, 0.717) is 16.4 Å². The molecule has 0 aliphatic carbocycles. The fourth-order valence-electron chi connectivity index (χ4n) is 2.71. The number of aryl methyl sites for hydroxylation is 2. The van der Waals surface area contributed by atoms with Gasteiger partial charge >= 0.3 is 0 Å². The number of benzene rings is 2. The van der Waals surface area contributed by atoms with Crippen molar-refractivity contribution in [3.63, 3.8) is 0 Å². The van der Waals surface area contributed by atoms with Crippen molar-refractivity contribution in [1.29, 1.82) is 0 Å². The van der Waals surface area contributed by atoms with Crippen molar-refractivity contribution in [1.82, 2.24) is 4.98 Å². The molecule has 3 rings (SSSR count). The number of thiazole rings is 1. The molecule has 128 valence electrons. The zero-order valence-corrected chi connectivity index (χ0v) is 16.0. The van der Waals surface area contributed by atoms with Crippen LogP contribution in [-0.4, -0.2) is 17.4 Å². The van der Waals surface area contributed by atoms with Crippen LogP contribution in [0.2, 0.25) is 5.02 Å². The van der Waals surface area contributed by atoms with Crippen molar-refractivity contribution in [3.8, 4) is 10.6 Å². The summed E-state index contributed by atoms with van der Waals surface area (Å²) in [5, 5.41) is 1.41. The number of hydrogen-bond donors (Lipinski definition) is 0. The smallest absolute Gasteiger partial charge is 0.270 e. The molecule has 1 heterocycles. The first kappa shape index (κ1) is 17.6. The summed E-state index contributed by atoms with van der Waals surface area (Å²) in [6, 6.07) is 15.5. The Morgan fingerprint density at radius 2 is 1.92 bits per heavy atom. The Hall–Kier alpha value is -2.17. The lowest BCUT2D eigenvalue weighted by Gasteiger charge is -2.21. The van der Waals surface area contributed by atoms with E-state index >= 15 is 0 Å². The van der Waals surface area contributed by atoms with Gasteiger partial charge in [0.15, 0.2) is 0 Å². The van der Waals surface area contributed by atoms with Crippen LogP contribution in [0.5, 0.6) is 0 Å². The van der Waals surface area contributed by atoms with Gasteiger partial charge in [0, 0.05) is 17.8 Å². The lowest BCUT2D eigenvalue weighted by Crippen LogP contribution is -2.30. The molecule has 0 bridgehead atoms. The molecule has 0 fully saturated rings. The van der Waals surface area contributed by atoms with E-state index in [1.54, 1.807) is 4.90 Å². The van der Waals surface area contributed by atoms with Crippen molar-refractivity contribution in [2.24, 2.45) is 0 Å². The highest BCUT2D eigenvalue weighted by molar-refractivity contribution is 7.17. The Bertz CT molecular complexity index is 920. The molecular formula is C20H19ClN2OS. The quantitative estimate of drug-likeness (QED) is 0.586. The molecule has 1 aromatic heterocycles. The Kier molecular flexibility index (Phi) is 5.21. The maximum atomic E-state index is 13.1. The minimum Gasteiger partial charge on any atom is -0.308 e. The van der Waals surface area contributed by atoms with Crippen LogP contribution in [0.3, 0.4) is 0 Å². The molecule has 0 N–H and O–H groups in total. The molecule has 0 saturated heterocycles. The van der Waals surface area contributed by atoms with Gasteiger partial charge in [-0.1, -0.05) is 41.9 Å². The molecule has 0 aliphatic heterocycles. The Morgan fingerprint density at radius 1 is 1.16 bits per heavy atom. The maximum absolute atomic E-state index is 13.1. The first-order chi connectivity index (χ1) is 12.0. The molecule has 3 nitrogen and oxygen atoms in total. The number of nitrogens with zero attached hydrogens (tertiary/aromatic N) is 2. The first-order valence-electron chi connectivity index (χ1n) is 8.12. The third kappa shape index (κ3) is 3.60. The largest absolute Gasteiger partial charge is 0.308 e. The van der Waals surface area contributed by atoms with Crippen LogP contribution in [-0.2, 0) is 0 Å². The molecule has 0 radical (unpaired) electrons. The topological polar surface area (TPSA) is 33.2 Å². The predicted molar refractivity (Wildman–Crippen MR) is 106 cm³/mol. The number of carbonyl (C=O) groups excluding carboxylic acids is 1. The molecule has 1 amide bonds. The number of amides is 1. The van der Waals surface area contributed by atoms with Gasteiger partial charge in [-0.05, 0) is 44.5 Å². The number of halogens is 1. The molecule has 0 atom stereocenters. The van der Waals surface area contributed by atoms with Crippen LogP contribution < -0.4 is 4.90 Å². The fraction of sp³-hybridized carbons (Fsp3) is 0.200. The fourth-order valence-corrected chi connectivity index (χ4v) is 4.04. The first-order valence-corrected chi connectivity index (χ1v) is 9.31. The highest BCUT2D eigenvalue weighted by Crippen LogP contribution is 2.33. The summed E-state index contributed by atoms with van der Waals surface area (Å²) in [4.78, 5) is 20.1. The van der Waals surface area contributed by atoms with Crippen molar-refractivity contribution >= 4 is 34.5 Å². The number of rotatable bonds is 4. The minimum atomic E-state index is -0.0265. The van der Waals surface area contributed by atoms with Gasteiger partial charge in [0.2, 0.25) is 0 Å². The summed E-state index contributed by atoms with van der Waals surface area (Å²) in [7, 11) is 0. The van der Waals surface area contributed by atoms with E-state index < -0.39 is 0 Å². The Morgan fingerprint density at radius 3 is 2.60 bits per heavy atom. The third-order valence-electron chi connectivity index (χ3n) is 3.97. The summed E-state index contributed by atoms with van der Waals surface area (Å²) >= 11 is 7.67. The van der Waals surface area contributed by atoms with Gasteiger partial charge in [0.1, 0.15) is 9.88 Å². The average molecular weight is 371 g/mol. The molecule has 3 aromatic rings. The third-order valence-corrected chi connectivity index (χ3v) is 5.48. The van der Waals surface area contributed by atoms with E-state index in [4.69, 9.17) is 11.6 Å². The second kappa shape index (κ2) is 7.38.